The van der Waals surface area contributed by atoms with Crippen LogP contribution in [0.4, 0.5) is 0 Å². The summed E-state index contributed by atoms with van der Waals surface area (Å²) < 4.78 is 5.83. The Labute approximate surface area is 140 Å². The minimum atomic E-state index is -0.100. The van der Waals surface area contributed by atoms with Gasteiger partial charge in [0.2, 0.25) is 0 Å². The molecule has 1 saturated heterocycles. The van der Waals surface area contributed by atoms with Crippen LogP contribution in [0.15, 0.2) is 41.5 Å². The molecule has 5 nitrogen and oxygen atoms in total. The van der Waals surface area contributed by atoms with E-state index in [1.165, 1.54) is 0 Å². The Bertz CT molecular complexity index is 696. The fraction of sp³-hybridized carbons (Fsp3) is 0.412. The molecule has 1 aromatic carbocycles. The number of para-hydroxylation sites is 1. The molecule has 0 radical (unpaired) electrons. The number of benzene rings is 1. The molecular formula is C17H20ClN3O2. The molecule has 0 amide bonds. The minimum Gasteiger partial charge on any atom is -0.492 e. The summed E-state index contributed by atoms with van der Waals surface area (Å²) in [6, 6.07) is 7.55. The topological polar surface area (TPSA) is 58.2 Å². The average Bonchev–Trinajstić information content (AvgIpc) is 2.57. The second-order valence-corrected chi connectivity index (χ2v) is 6.23. The van der Waals surface area contributed by atoms with Crippen LogP contribution in [0.1, 0.15) is 18.5 Å². The van der Waals surface area contributed by atoms with Crippen molar-refractivity contribution in [1.29, 1.82) is 0 Å². The van der Waals surface area contributed by atoms with E-state index in [0.717, 1.165) is 31.7 Å². The molecule has 0 atom stereocenters. The summed E-state index contributed by atoms with van der Waals surface area (Å²) in [5.74, 6) is 1.26. The number of H-pyrrole nitrogens is 1. The van der Waals surface area contributed by atoms with E-state index in [-0.39, 0.29) is 5.56 Å². The highest BCUT2D eigenvalue weighted by atomic mass is 35.5. The molecule has 0 spiro atoms. The molecule has 2 aromatic rings. The summed E-state index contributed by atoms with van der Waals surface area (Å²) in [7, 11) is 0. The van der Waals surface area contributed by atoms with Gasteiger partial charge in [0, 0.05) is 18.9 Å². The lowest BCUT2D eigenvalue weighted by molar-refractivity contribution is 0.135. The van der Waals surface area contributed by atoms with Crippen LogP contribution in [0.2, 0.25) is 5.02 Å². The molecule has 1 aliphatic heterocycles. The zero-order valence-corrected chi connectivity index (χ0v) is 13.6. The number of aromatic nitrogens is 2. The highest BCUT2D eigenvalue weighted by Crippen LogP contribution is 2.25. The van der Waals surface area contributed by atoms with Gasteiger partial charge in [-0.1, -0.05) is 23.7 Å². The highest BCUT2D eigenvalue weighted by Gasteiger charge is 2.21. The Hall–Kier alpha value is -1.85. The predicted octanol–water partition coefficient (Wildman–Crippen LogP) is 2.71. The van der Waals surface area contributed by atoms with Crippen molar-refractivity contribution in [2.75, 3.05) is 19.7 Å². The van der Waals surface area contributed by atoms with Gasteiger partial charge in [0.05, 0.1) is 11.6 Å². The quantitative estimate of drug-likeness (QED) is 0.914. The predicted molar refractivity (Wildman–Crippen MR) is 89.8 cm³/mol. The van der Waals surface area contributed by atoms with Crippen LogP contribution in [-0.2, 0) is 6.54 Å². The van der Waals surface area contributed by atoms with Gasteiger partial charge in [-0.2, -0.15) is 0 Å². The molecule has 1 fully saturated rings. The first kappa shape index (κ1) is 16.0. The molecule has 0 bridgehead atoms. The van der Waals surface area contributed by atoms with E-state index >= 15 is 0 Å². The van der Waals surface area contributed by atoms with Gasteiger partial charge in [0.25, 0.3) is 5.56 Å². The van der Waals surface area contributed by atoms with Crippen molar-refractivity contribution < 1.29 is 4.74 Å². The van der Waals surface area contributed by atoms with Crippen molar-refractivity contribution in [2.45, 2.75) is 19.4 Å². The molecule has 0 saturated carbocycles. The number of hydrogen-bond acceptors (Lipinski definition) is 4. The molecule has 122 valence electrons. The summed E-state index contributed by atoms with van der Waals surface area (Å²) in [6.45, 7) is 3.19. The van der Waals surface area contributed by atoms with Gasteiger partial charge in [0.15, 0.2) is 0 Å². The Kier molecular flexibility index (Phi) is 5.31. The molecule has 1 N–H and O–H groups in total. The van der Waals surface area contributed by atoms with Crippen molar-refractivity contribution in [1.82, 2.24) is 14.9 Å². The monoisotopic (exact) mass is 333 g/mol. The average molecular weight is 334 g/mol. The third kappa shape index (κ3) is 4.33. The first-order valence-corrected chi connectivity index (χ1v) is 8.22. The third-order valence-electron chi connectivity index (χ3n) is 4.17. The van der Waals surface area contributed by atoms with E-state index in [1.54, 1.807) is 12.4 Å². The van der Waals surface area contributed by atoms with Gasteiger partial charge in [-0.05, 0) is 44.0 Å². The van der Waals surface area contributed by atoms with E-state index in [0.29, 0.717) is 29.8 Å². The number of aromatic amines is 1. The van der Waals surface area contributed by atoms with Crippen LogP contribution in [0.3, 0.4) is 0 Å². The number of halogens is 1. The minimum absolute atomic E-state index is 0.100. The smallest absolute Gasteiger partial charge is 0.270 e. The third-order valence-corrected chi connectivity index (χ3v) is 4.49. The van der Waals surface area contributed by atoms with Gasteiger partial charge in [0.1, 0.15) is 11.4 Å². The Morgan fingerprint density at radius 2 is 2.09 bits per heavy atom. The summed E-state index contributed by atoms with van der Waals surface area (Å²) in [4.78, 5) is 20.8. The van der Waals surface area contributed by atoms with Crippen LogP contribution in [0.25, 0.3) is 0 Å². The van der Waals surface area contributed by atoms with Crippen LogP contribution >= 0.6 is 11.6 Å². The van der Waals surface area contributed by atoms with Gasteiger partial charge in [-0.25, -0.2) is 0 Å². The molecule has 3 rings (SSSR count). The Morgan fingerprint density at radius 3 is 2.83 bits per heavy atom. The van der Waals surface area contributed by atoms with E-state index in [2.05, 4.69) is 14.9 Å². The molecular weight excluding hydrogens is 314 g/mol. The molecule has 2 heterocycles. The number of likely N-dealkylation sites (tertiary alicyclic amines) is 1. The van der Waals surface area contributed by atoms with Crippen molar-refractivity contribution in [3.8, 4) is 5.75 Å². The standard InChI is InChI=1S/C17H20ClN3O2/c18-14-3-1-2-4-16(14)23-12-13-5-9-21(10-6-13)11-15-17(22)20-8-7-19-15/h1-4,7-8,13H,5-6,9-12H2,(H,20,22). The largest absolute Gasteiger partial charge is 0.492 e. The maximum Gasteiger partial charge on any atom is 0.270 e. The SMILES string of the molecule is O=c1[nH]ccnc1CN1CCC(COc2ccccc2Cl)CC1. The molecule has 0 unspecified atom stereocenters. The van der Waals surface area contributed by atoms with Crippen LogP contribution in [0.5, 0.6) is 5.75 Å². The van der Waals surface area contributed by atoms with Crippen molar-refractivity contribution in [3.63, 3.8) is 0 Å². The zero-order chi connectivity index (χ0) is 16.1. The van der Waals surface area contributed by atoms with Crippen molar-refractivity contribution in [2.24, 2.45) is 5.92 Å². The summed E-state index contributed by atoms with van der Waals surface area (Å²) in [5, 5.41) is 0.652. The zero-order valence-electron chi connectivity index (χ0n) is 12.9. The molecule has 23 heavy (non-hydrogen) atoms. The maximum atomic E-state index is 11.7. The van der Waals surface area contributed by atoms with Crippen LogP contribution in [-0.4, -0.2) is 34.6 Å². The lowest BCUT2D eigenvalue weighted by Gasteiger charge is -2.31. The number of nitrogens with zero attached hydrogens (tertiary/aromatic N) is 2. The number of rotatable bonds is 5. The number of ether oxygens (including phenoxy) is 1. The maximum absolute atomic E-state index is 11.7. The van der Waals surface area contributed by atoms with Crippen molar-refractivity contribution >= 4 is 11.6 Å². The van der Waals surface area contributed by atoms with Crippen molar-refractivity contribution in [3.05, 3.63) is 57.7 Å². The first-order valence-electron chi connectivity index (χ1n) is 7.84. The summed E-state index contributed by atoms with van der Waals surface area (Å²) >= 11 is 6.10. The number of piperidine rings is 1. The highest BCUT2D eigenvalue weighted by molar-refractivity contribution is 6.32. The van der Waals surface area contributed by atoms with Gasteiger partial charge < -0.3 is 9.72 Å². The second-order valence-electron chi connectivity index (χ2n) is 5.83. The first-order chi connectivity index (χ1) is 11.2. The van der Waals surface area contributed by atoms with Crippen LogP contribution < -0.4 is 10.3 Å². The second kappa shape index (κ2) is 7.62. The Balaban J connectivity index is 1.46. The van der Waals surface area contributed by atoms with E-state index in [9.17, 15) is 4.79 Å². The fourth-order valence-corrected chi connectivity index (χ4v) is 2.98. The summed E-state index contributed by atoms with van der Waals surface area (Å²) in [5.41, 5.74) is 0.481. The van der Waals surface area contributed by atoms with Crippen LogP contribution in [0, 0.1) is 5.92 Å². The number of hydrogen-bond donors (Lipinski definition) is 1. The summed E-state index contributed by atoms with van der Waals surface area (Å²) in [6.07, 6.45) is 5.29. The fourth-order valence-electron chi connectivity index (χ4n) is 2.79. The van der Waals surface area contributed by atoms with E-state index < -0.39 is 0 Å². The van der Waals surface area contributed by atoms with Gasteiger partial charge >= 0.3 is 0 Å². The lowest BCUT2D eigenvalue weighted by atomic mass is 9.97. The van der Waals surface area contributed by atoms with Gasteiger partial charge in [-0.15, -0.1) is 0 Å². The normalized spacial score (nSPS) is 16.4. The molecule has 1 aromatic heterocycles. The van der Waals surface area contributed by atoms with E-state index in [4.69, 9.17) is 16.3 Å². The number of nitrogens with one attached hydrogen (secondary N) is 1. The molecule has 6 heteroatoms. The molecule has 0 aliphatic carbocycles. The van der Waals surface area contributed by atoms with E-state index in [1.807, 2.05) is 24.3 Å². The van der Waals surface area contributed by atoms with Gasteiger partial charge in [-0.3, -0.25) is 14.7 Å². The Morgan fingerprint density at radius 1 is 1.30 bits per heavy atom. The molecule has 1 aliphatic rings. The lowest BCUT2D eigenvalue weighted by Crippen LogP contribution is -2.36.